The Hall–Kier alpha value is -2.96. The van der Waals surface area contributed by atoms with Gasteiger partial charge in [-0.05, 0) is 44.2 Å². The monoisotopic (exact) mass is 369 g/mol. The third-order valence-corrected chi connectivity index (χ3v) is 5.13. The Morgan fingerprint density at radius 2 is 2.19 bits per heavy atom. The predicted octanol–water partition coefficient (Wildman–Crippen LogP) is 3.58. The van der Waals surface area contributed by atoms with Crippen molar-refractivity contribution in [3.8, 4) is 11.3 Å². The second-order valence-electron chi connectivity index (χ2n) is 6.86. The number of aryl methyl sites for hydroxylation is 1. The standard InChI is InChI=1S/C20H20FN3O3/c1-3-27-20(26)17-16(12-5-4-6-12)18-19(25)22-15(10-24(18)23-17)13-8-7-11(2)14(21)9-13/h7-10,12H,3-6H2,1-2H3,(H,22,25). The van der Waals surface area contributed by atoms with E-state index in [4.69, 9.17) is 4.74 Å². The van der Waals surface area contributed by atoms with Gasteiger partial charge in [-0.25, -0.2) is 13.7 Å². The molecule has 1 saturated carbocycles. The number of nitrogens with one attached hydrogen (secondary N) is 1. The highest BCUT2D eigenvalue weighted by atomic mass is 19.1. The summed E-state index contributed by atoms with van der Waals surface area (Å²) >= 11 is 0. The Labute approximate surface area is 155 Å². The molecule has 1 aromatic carbocycles. The van der Waals surface area contributed by atoms with Crippen LogP contribution in [0.5, 0.6) is 0 Å². The van der Waals surface area contributed by atoms with Gasteiger partial charge in [0.1, 0.15) is 11.3 Å². The van der Waals surface area contributed by atoms with Gasteiger partial charge in [0.2, 0.25) is 0 Å². The van der Waals surface area contributed by atoms with Crippen molar-refractivity contribution in [2.75, 3.05) is 6.61 Å². The number of ether oxygens (including phenoxy) is 1. The molecular formula is C20H20FN3O3. The maximum Gasteiger partial charge on any atom is 0.359 e. The number of rotatable bonds is 4. The van der Waals surface area contributed by atoms with Gasteiger partial charge in [0.15, 0.2) is 5.69 Å². The summed E-state index contributed by atoms with van der Waals surface area (Å²) in [5, 5.41) is 4.35. The van der Waals surface area contributed by atoms with Gasteiger partial charge >= 0.3 is 5.97 Å². The maximum absolute atomic E-state index is 13.9. The van der Waals surface area contributed by atoms with Gasteiger partial charge in [0.25, 0.3) is 5.56 Å². The van der Waals surface area contributed by atoms with Gasteiger partial charge in [-0.3, -0.25) is 4.79 Å². The highest BCUT2D eigenvalue weighted by Crippen LogP contribution is 2.39. The molecule has 0 aliphatic heterocycles. The molecule has 0 unspecified atom stereocenters. The number of H-pyrrole nitrogens is 1. The Morgan fingerprint density at radius 3 is 2.81 bits per heavy atom. The van der Waals surface area contributed by atoms with Gasteiger partial charge < -0.3 is 9.72 Å². The van der Waals surface area contributed by atoms with Crippen LogP contribution in [0.4, 0.5) is 4.39 Å². The van der Waals surface area contributed by atoms with Crippen molar-refractivity contribution in [3.05, 3.63) is 57.4 Å². The van der Waals surface area contributed by atoms with Crippen LogP contribution in [0, 0.1) is 12.7 Å². The summed E-state index contributed by atoms with van der Waals surface area (Å²) in [6.45, 7) is 3.64. The van der Waals surface area contributed by atoms with E-state index >= 15 is 0 Å². The summed E-state index contributed by atoms with van der Waals surface area (Å²) in [4.78, 5) is 28.0. The van der Waals surface area contributed by atoms with E-state index < -0.39 is 5.97 Å². The zero-order chi connectivity index (χ0) is 19.1. The van der Waals surface area contributed by atoms with Crippen LogP contribution in [-0.4, -0.2) is 27.2 Å². The van der Waals surface area contributed by atoms with E-state index in [9.17, 15) is 14.0 Å². The maximum atomic E-state index is 13.9. The van der Waals surface area contributed by atoms with Gasteiger partial charge in [-0.15, -0.1) is 0 Å². The van der Waals surface area contributed by atoms with Crippen molar-refractivity contribution < 1.29 is 13.9 Å². The summed E-state index contributed by atoms with van der Waals surface area (Å²) in [6, 6.07) is 4.76. The van der Waals surface area contributed by atoms with Gasteiger partial charge in [0.05, 0.1) is 18.5 Å². The van der Waals surface area contributed by atoms with E-state index in [1.807, 2.05) is 0 Å². The van der Waals surface area contributed by atoms with Gasteiger partial charge in [-0.2, -0.15) is 5.10 Å². The fourth-order valence-electron chi connectivity index (χ4n) is 3.44. The van der Waals surface area contributed by atoms with Crippen molar-refractivity contribution in [1.29, 1.82) is 0 Å². The molecule has 2 aromatic heterocycles. The van der Waals surface area contributed by atoms with Gasteiger partial charge in [-0.1, -0.05) is 18.6 Å². The molecular weight excluding hydrogens is 349 g/mol. The van der Waals surface area contributed by atoms with Crippen LogP contribution >= 0.6 is 0 Å². The van der Waals surface area contributed by atoms with E-state index in [2.05, 4.69) is 10.1 Å². The first-order valence-electron chi connectivity index (χ1n) is 9.08. The fourth-order valence-corrected chi connectivity index (χ4v) is 3.44. The molecule has 7 heteroatoms. The number of benzene rings is 1. The minimum absolute atomic E-state index is 0.130. The average molecular weight is 369 g/mol. The number of hydrogen-bond acceptors (Lipinski definition) is 4. The van der Waals surface area contributed by atoms with Crippen LogP contribution in [0.1, 0.15) is 53.7 Å². The molecule has 2 heterocycles. The molecule has 0 radical (unpaired) electrons. The lowest BCUT2D eigenvalue weighted by Gasteiger charge is -2.25. The second kappa shape index (κ2) is 6.64. The Morgan fingerprint density at radius 1 is 1.41 bits per heavy atom. The first-order valence-corrected chi connectivity index (χ1v) is 9.08. The molecule has 1 aliphatic rings. The lowest BCUT2D eigenvalue weighted by atomic mass is 9.79. The average Bonchev–Trinajstić information content (AvgIpc) is 2.96. The molecule has 1 fully saturated rings. The summed E-state index contributed by atoms with van der Waals surface area (Å²) in [7, 11) is 0. The van der Waals surface area contributed by atoms with E-state index in [1.54, 1.807) is 32.2 Å². The summed E-state index contributed by atoms with van der Waals surface area (Å²) in [5.74, 6) is -0.743. The molecule has 3 aromatic rings. The molecule has 0 bridgehead atoms. The molecule has 27 heavy (non-hydrogen) atoms. The number of aromatic amines is 1. The molecule has 1 aliphatic carbocycles. The molecule has 140 valence electrons. The predicted molar refractivity (Wildman–Crippen MR) is 98.5 cm³/mol. The zero-order valence-electron chi connectivity index (χ0n) is 15.2. The summed E-state index contributed by atoms with van der Waals surface area (Å²) < 4.78 is 20.5. The normalized spacial score (nSPS) is 14.3. The molecule has 4 rings (SSSR count). The molecule has 0 saturated heterocycles. The Bertz CT molecular complexity index is 1100. The lowest BCUT2D eigenvalue weighted by Crippen LogP contribution is -2.18. The van der Waals surface area contributed by atoms with E-state index in [1.165, 1.54) is 10.6 Å². The SMILES string of the molecule is CCOC(=O)c1nn2cc(-c3ccc(C)c(F)c3)[nH]c(=O)c2c1C1CCC1. The number of aromatic nitrogens is 3. The molecule has 1 N–H and O–H groups in total. The second-order valence-corrected chi connectivity index (χ2v) is 6.86. The van der Waals surface area contributed by atoms with Crippen LogP contribution in [0.2, 0.25) is 0 Å². The fraction of sp³-hybridized carbons (Fsp3) is 0.350. The van der Waals surface area contributed by atoms with E-state index in [0.717, 1.165) is 19.3 Å². The highest BCUT2D eigenvalue weighted by molar-refractivity contribution is 5.92. The number of halogens is 1. The van der Waals surface area contributed by atoms with Crippen LogP contribution < -0.4 is 5.56 Å². The first kappa shape index (κ1) is 17.5. The quantitative estimate of drug-likeness (QED) is 0.713. The van der Waals surface area contributed by atoms with Gasteiger partial charge in [0, 0.05) is 11.1 Å². The van der Waals surface area contributed by atoms with Crippen molar-refractivity contribution in [1.82, 2.24) is 14.6 Å². The third kappa shape index (κ3) is 2.93. The lowest BCUT2D eigenvalue weighted by molar-refractivity contribution is 0.0516. The zero-order valence-corrected chi connectivity index (χ0v) is 15.2. The summed E-state index contributed by atoms with van der Waals surface area (Å²) in [6.07, 6.45) is 4.50. The number of nitrogens with zero attached hydrogens (tertiary/aromatic N) is 2. The largest absolute Gasteiger partial charge is 0.461 e. The van der Waals surface area contributed by atoms with Crippen LogP contribution in [-0.2, 0) is 4.74 Å². The smallest absolute Gasteiger partial charge is 0.359 e. The Kier molecular flexibility index (Phi) is 4.30. The Balaban J connectivity index is 1.91. The van der Waals surface area contributed by atoms with Crippen LogP contribution in [0.3, 0.4) is 0 Å². The number of fused-ring (bicyclic) bond motifs is 1. The molecule has 0 amide bonds. The summed E-state index contributed by atoms with van der Waals surface area (Å²) in [5.41, 5.74) is 2.36. The van der Waals surface area contributed by atoms with Crippen LogP contribution in [0.25, 0.3) is 16.8 Å². The number of esters is 1. The molecule has 0 spiro atoms. The third-order valence-electron chi connectivity index (χ3n) is 5.13. The number of carbonyl (C=O) groups excluding carboxylic acids is 1. The first-order chi connectivity index (χ1) is 13.0. The highest BCUT2D eigenvalue weighted by Gasteiger charge is 2.32. The van der Waals surface area contributed by atoms with Crippen molar-refractivity contribution in [3.63, 3.8) is 0 Å². The van der Waals surface area contributed by atoms with Crippen molar-refractivity contribution in [2.45, 2.75) is 39.0 Å². The molecule has 6 nitrogen and oxygen atoms in total. The number of hydrogen-bond donors (Lipinski definition) is 1. The van der Waals surface area contributed by atoms with E-state index in [-0.39, 0.29) is 29.6 Å². The van der Waals surface area contributed by atoms with E-state index in [0.29, 0.717) is 27.9 Å². The molecule has 0 atom stereocenters. The van der Waals surface area contributed by atoms with Crippen molar-refractivity contribution in [2.24, 2.45) is 0 Å². The minimum atomic E-state index is -0.523. The minimum Gasteiger partial charge on any atom is -0.461 e. The van der Waals surface area contributed by atoms with Crippen LogP contribution in [0.15, 0.2) is 29.2 Å². The topological polar surface area (TPSA) is 76.5 Å². The van der Waals surface area contributed by atoms with Crippen molar-refractivity contribution >= 4 is 11.5 Å². The number of carbonyl (C=O) groups is 1.